The van der Waals surface area contributed by atoms with Gasteiger partial charge in [0, 0.05) is 10.1 Å². The van der Waals surface area contributed by atoms with Gasteiger partial charge in [-0.15, -0.1) is 0 Å². The van der Waals surface area contributed by atoms with E-state index < -0.39 is 5.41 Å². The summed E-state index contributed by atoms with van der Waals surface area (Å²) in [4.78, 5) is 12.2. The summed E-state index contributed by atoms with van der Waals surface area (Å²) in [5.41, 5.74) is 0.444. The molecule has 1 aliphatic carbocycles. The first kappa shape index (κ1) is 13.4. The summed E-state index contributed by atoms with van der Waals surface area (Å²) >= 11 is 11.5. The van der Waals surface area contributed by atoms with Gasteiger partial charge >= 0.3 is 5.97 Å². The Morgan fingerprint density at radius 2 is 1.94 bits per heavy atom. The summed E-state index contributed by atoms with van der Waals surface area (Å²) in [6.45, 7) is 3.57. The SMILES string of the molecule is C=C(Cl)COC(=O)C1(c2ccc(Cl)cc2)CCC1. The van der Waals surface area contributed by atoms with E-state index in [9.17, 15) is 4.79 Å². The minimum Gasteiger partial charge on any atom is -0.459 e. The van der Waals surface area contributed by atoms with Crippen molar-refractivity contribution in [2.75, 3.05) is 6.61 Å². The van der Waals surface area contributed by atoms with Crippen LogP contribution in [-0.4, -0.2) is 12.6 Å². The fourth-order valence-corrected chi connectivity index (χ4v) is 2.37. The smallest absolute Gasteiger partial charge is 0.316 e. The number of halogens is 2. The highest BCUT2D eigenvalue weighted by molar-refractivity contribution is 6.30. The molecular formula is C14H14Cl2O2. The van der Waals surface area contributed by atoms with Gasteiger partial charge in [0.2, 0.25) is 0 Å². The van der Waals surface area contributed by atoms with E-state index in [2.05, 4.69) is 6.58 Å². The van der Waals surface area contributed by atoms with Crippen LogP contribution in [0.15, 0.2) is 35.9 Å². The molecule has 1 aromatic rings. The van der Waals surface area contributed by atoms with Crippen molar-refractivity contribution >= 4 is 29.2 Å². The van der Waals surface area contributed by atoms with E-state index in [1.165, 1.54) is 0 Å². The fourth-order valence-electron chi connectivity index (χ4n) is 2.19. The number of carbonyl (C=O) groups is 1. The number of hydrogen-bond acceptors (Lipinski definition) is 2. The van der Waals surface area contributed by atoms with Crippen LogP contribution in [0.1, 0.15) is 24.8 Å². The molecule has 0 radical (unpaired) electrons. The van der Waals surface area contributed by atoms with Crippen LogP contribution in [0.4, 0.5) is 0 Å². The van der Waals surface area contributed by atoms with Gasteiger partial charge in [0.05, 0.1) is 5.41 Å². The van der Waals surface area contributed by atoms with Crippen LogP contribution in [0.2, 0.25) is 5.02 Å². The van der Waals surface area contributed by atoms with Gasteiger partial charge in [-0.2, -0.15) is 0 Å². The Hall–Kier alpha value is -0.990. The van der Waals surface area contributed by atoms with E-state index in [1.807, 2.05) is 12.1 Å². The number of ether oxygens (including phenoxy) is 1. The first-order valence-electron chi connectivity index (χ1n) is 5.81. The second kappa shape index (κ2) is 5.33. The maximum Gasteiger partial charge on any atom is 0.316 e. The quantitative estimate of drug-likeness (QED) is 0.780. The van der Waals surface area contributed by atoms with Crippen LogP contribution in [0, 0.1) is 0 Å². The highest BCUT2D eigenvalue weighted by atomic mass is 35.5. The van der Waals surface area contributed by atoms with Crippen molar-refractivity contribution in [3.63, 3.8) is 0 Å². The van der Waals surface area contributed by atoms with Gasteiger partial charge in [-0.3, -0.25) is 4.79 Å². The summed E-state index contributed by atoms with van der Waals surface area (Å²) in [5.74, 6) is -0.224. The molecule has 0 saturated heterocycles. The Morgan fingerprint density at radius 3 is 2.39 bits per heavy atom. The maximum absolute atomic E-state index is 12.2. The van der Waals surface area contributed by atoms with Crippen LogP contribution in [0.3, 0.4) is 0 Å². The molecule has 1 fully saturated rings. The topological polar surface area (TPSA) is 26.3 Å². The average Bonchev–Trinajstić information content (AvgIpc) is 2.27. The lowest BCUT2D eigenvalue weighted by Gasteiger charge is -2.39. The highest BCUT2D eigenvalue weighted by Gasteiger charge is 2.47. The summed E-state index contributed by atoms with van der Waals surface area (Å²) in [5, 5.41) is 0.990. The molecular weight excluding hydrogens is 271 g/mol. The van der Waals surface area contributed by atoms with Gasteiger partial charge in [0.1, 0.15) is 6.61 Å². The predicted octanol–water partition coefficient (Wildman–Crippen LogP) is 4.06. The molecule has 18 heavy (non-hydrogen) atoms. The molecule has 1 saturated carbocycles. The summed E-state index contributed by atoms with van der Waals surface area (Å²) in [6, 6.07) is 7.37. The molecule has 2 nitrogen and oxygen atoms in total. The zero-order valence-electron chi connectivity index (χ0n) is 9.92. The molecule has 0 unspecified atom stereocenters. The Kier molecular flexibility index (Phi) is 3.98. The lowest BCUT2D eigenvalue weighted by molar-refractivity contribution is -0.153. The zero-order valence-corrected chi connectivity index (χ0v) is 11.4. The molecule has 0 atom stereocenters. The molecule has 0 amide bonds. The standard InChI is InChI=1S/C14H14Cl2O2/c1-10(15)9-18-13(17)14(7-2-8-14)11-3-5-12(16)6-4-11/h3-6H,1-2,7-9H2. The van der Waals surface area contributed by atoms with Crippen molar-refractivity contribution in [1.29, 1.82) is 0 Å². The lowest BCUT2D eigenvalue weighted by Crippen LogP contribution is -2.43. The van der Waals surface area contributed by atoms with Gasteiger partial charge in [-0.05, 0) is 30.5 Å². The first-order chi connectivity index (χ1) is 8.54. The number of benzene rings is 1. The highest BCUT2D eigenvalue weighted by Crippen LogP contribution is 2.45. The van der Waals surface area contributed by atoms with Crippen LogP contribution < -0.4 is 0 Å². The molecule has 0 aromatic heterocycles. The van der Waals surface area contributed by atoms with Gasteiger partial charge < -0.3 is 4.74 Å². The Labute approximate surface area is 117 Å². The van der Waals surface area contributed by atoms with E-state index in [4.69, 9.17) is 27.9 Å². The van der Waals surface area contributed by atoms with Crippen molar-refractivity contribution < 1.29 is 9.53 Å². The fraction of sp³-hybridized carbons (Fsp3) is 0.357. The van der Waals surface area contributed by atoms with E-state index in [1.54, 1.807) is 12.1 Å². The van der Waals surface area contributed by atoms with E-state index in [-0.39, 0.29) is 12.6 Å². The van der Waals surface area contributed by atoms with E-state index in [0.29, 0.717) is 10.1 Å². The van der Waals surface area contributed by atoms with Gasteiger partial charge in [0.15, 0.2) is 0 Å². The van der Waals surface area contributed by atoms with Crippen LogP contribution in [0.25, 0.3) is 0 Å². The van der Waals surface area contributed by atoms with Crippen LogP contribution in [-0.2, 0) is 14.9 Å². The Bertz CT molecular complexity index is 461. The molecule has 0 bridgehead atoms. The van der Waals surface area contributed by atoms with E-state index in [0.717, 1.165) is 24.8 Å². The third-order valence-electron chi connectivity index (χ3n) is 3.35. The van der Waals surface area contributed by atoms with Gasteiger partial charge in [-0.1, -0.05) is 48.3 Å². The third kappa shape index (κ3) is 2.55. The van der Waals surface area contributed by atoms with Crippen molar-refractivity contribution in [3.05, 3.63) is 46.5 Å². The molecule has 4 heteroatoms. The summed E-state index contributed by atoms with van der Waals surface area (Å²) < 4.78 is 5.19. The van der Waals surface area contributed by atoms with Crippen molar-refractivity contribution in [1.82, 2.24) is 0 Å². The minimum absolute atomic E-state index is 0.0652. The second-order valence-electron chi connectivity index (χ2n) is 4.54. The van der Waals surface area contributed by atoms with Gasteiger partial charge in [0.25, 0.3) is 0 Å². The number of carbonyl (C=O) groups excluding carboxylic acids is 1. The normalized spacial score (nSPS) is 16.8. The number of rotatable bonds is 4. The predicted molar refractivity (Wildman–Crippen MR) is 72.9 cm³/mol. The number of hydrogen-bond donors (Lipinski definition) is 0. The van der Waals surface area contributed by atoms with Crippen molar-refractivity contribution in [2.24, 2.45) is 0 Å². The van der Waals surface area contributed by atoms with Crippen molar-refractivity contribution in [2.45, 2.75) is 24.7 Å². The molecule has 1 aromatic carbocycles. The van der Waals surface area contributed by atoms with Crippen LogP contribution >= 0.6 is 23.2 Å². The summed E-state index contributed by atoms with van der Waals surface area (Å²) in [6.07, 6.45) is 2.64. The first-order valence-corrected chi connectivity index (χ1v) is 6.57. The average molecular weight is 285 g/mol. The Morgan fingerprint density at radius 1 is 1.33 bits per heavy atom. The molecule has 2 rings (SSSR count). The van der Waals surface area contributed by atoms with E-state index >= 15 is 0 Å². The molecule has 0 heterocycles. The minimum atomic E-state index is -0.517. The largest absolute Gasteiger partial charge is 0.459 e. The lowest BCUT2D eigenvalue weighted by atomic mass is 9.64. The Balaban J connectivity index is 2.17. The number of esters is 1. The van der Waals surface area contributed by atoms with Crippen molar-refractivity contribution in [3.8, 4) is 0 Å². The molecule has 0 N–H and O–H groups in total. The molecule has 1 aliphatic rings. The van der Waals surface area contributed by atoms with Crippen LogP contribution in [0.5, 0.6) is 0 Å². The van der Waals surface area contributed by atoms with Gasteiger partial charge in [-0.25, -0.2) is 0 Å². The molecule has 96 valence electrons. The summed E-state index contributed by atoms with van der Waals surface area (Å²) in [7, 11) is 0. The maximum atomic E-state index is 12.2. The molecule has 0 spiro atoms. The molecule has 0 aliphatic heterocycles. The third-order valence-corrected chi connectivity index (χ3v) is 3.72. The monoisotopic (exact) mass is 284 g/mol. The second-order valence-corrected chi connectivity index (χ2v) is 5.51. The zero-order chi connectivity index (χ0) is 13.2.